The van der Waals surface area contributed by atoms with Gasteiger partial charge in [-0.3, -0.25) is 4.79 Å². The number of aryl methyl sites for hydroxylation is 1. The Morgan fingerprint density at radius 3 is 2.87 bits per heavy atom. The first-order chi connectivity index (χ1) is 7.00. The first-order valence-corrected chi connectivity index (χ1v) is 5.08. The normalized spacial score (nSPS) is 12.2. The highest BCUT2D eigenvalue weighted by molar-refractivity contribution is 6.32. The molecule has 1 aromatic rings. The average Bonchev–Trinajstić information content (AvgIpc) is 2.18. The predicted octanol–water partition coefficient (Wildman–Crippen LogP) is 2.72. The van der Waals surface area contributed by atoms with Crippen LogP contribution >= 0.6 is 23.2 Å². The molecule has 0 amide bonds. The number of carbonyl (C=O) groups is 1. The largest absolute Gasteiger partial charge is 0.490 e. The summed E-state index contributed by atoms with van der Waals surface area (Å²) >= 11 is 11.3. The molecule has 0 spiro atoms. The zero-order valence-electron chi connectivity index (χ0n) is 8.04. The average molecular weight is 249 g/mol. The Hall–Kier alpha value is -0.930. The summed E-state index contributed by atoms with van der Waals surface area (Å²) in [6.45, 7) is 1.78. The highest BCUT2D eigenvalue weighted by atomic mass is 35.5. The molecule has 0 aliphatic rings. The van der Waals surface area contributed by atoms with E-state index in [0.717, 1.165) is 5.56 Å². The topological polar surface area (TPSA) is 46.5 Å². The number of alkyl halides is 1. The number of hydrogen-bond donors (Lipinski definition) is 1. The number of benzene rings is 1. The van der Waals surface area contributed by atoms with E-state index < -0.39 is 11.3 Å². The Morgan fingerprint density at radius 1 is 1.60 bits per heavy atom. The first-order valence-electron chi connectivity index (χ1n) is 4.26. The summed E-state index contributed by atoms with van der Waals surface area (Å²) in [5.74, 6) is -0.663. The van der Waals surface area contributed by atoms with E-state index in [4.69, 9.17) is 33.0 Å². The van der Waals surface area contributed by atoms with Gasteiger partial charge < -0.3 is 9.84 Å². The Morgan fingerprint density at radius 2 is 2.27 bits per heavy atom. The van der Waals surface area contributed by atoms with Crippen LogP contribution in [0, 0.1) is 6.92 Å². The fourth-order valence-corrected chi connectivity index (χ4v) is 1.19. The highest BCUT2D eigenvalue weighted by Gasteiger charge is 2.14. The van der Waals surface area contributed by atoms with E-state index in [9.17, 15) is 4.79 Å². The van der Waals surface area contributed by atoms with Gasteiger partial charge in [0, 0.05) is 0 Å². The van der Waals surface area contributed by atoms with E-state index in [1.807, 2.05) is 13.0 Å². The third-order valence-electron chi connectivity index (χ3n) is 1.74. The molecule has 82 valence electrons. The van der Waals surface area contributed by atoms with Crippen molar-refractivity contribution in [2.24, 2.45) is 0 Å². The fraction of sp³-hybridized carbons (Fsp3) is 0.300. The summed E-state index contributed by atoms with van der Waals surface area (Å²) in [6, 6.07) is 5.26. The monoisotopic (exact) mass is 248 g/mol. The number of rotatable bonds is 4. The van der Waals surface area contributed by atoms with Crippen LogP contribution in [-0.2, 0) is 4.79 Å². The molecule has 1 N–H and O–H groups in total. The molecule has 15 heavy (non-hydrogen) atoms. The molecule has 0 bridgehead atoms. The molecule has 0 radical (unpaired) electrons. The van der Waals surface area contributed by atoms with Crippen molar-refractivity contribution >= 4 is 29.2 Å². The van der Waals surface area contributed by atoms with Gasteiger partial charge in [-0.25, -0.2) is 0 Å². The van der Waals surface area contributed by atoms with E-state index >= 15 is 0 Å². The Balaban J connectivity index is 2.65. The predicted molar refractivity (Wildman–Crippen MR) is 59.0 cm³/mol. The van der Waals surface area contributed by atoms with Crippen LogP contribution in [0.2, 0.25) is 5.02 Å². The standard InChI is InChI=1S/C10H10Cl2O3/c1-6-2-3-7(11)9(4-6)15-5-8(12)10(13)14/h2-4,8H,5H2,1H3,(H,13,14). The van der Waals surface area contributed by atoms with Crippen LogP contribution in [0.15, 0.2) is 18.2 Å². The maximum absolute atomic E-state index is 10.4. The van der Waals surface area contributed by atoms with Crippen molar-refractivity contribution in [1.29, 1.82) is 0 Å². The van der Waals surface area contributed by atoms with Crippen molar-refractivity contribution in [2.75, 3.05) is 6.61 Å². The summed E-state index contributed by atoms with van der Waals surface area (Å²) in [6.07, 6.45) is 0. The maximum Gasteiger partial charge on any atom is 0.325 e. The summed E-state index contributed by atoms with van der Waals surface area (Å²) in [4.78, 5) is 10.4. The lowest BCUT2D eigenvalue weighted by Gasteiger charge is -2.09. The van der Waals surface area contributed by atoms with E-state index in [2.05, 4.69) is 0 Å². The molecular formula is C10H10Cl2O3. The number of hydrogen-bond acceptors (Lipinski definition) is 2. The fourth-order valence-electron chi connectivity index (χ4n) is 0.955. The van der Waals surface area contributed by atoms with Gasteiger partial charge in [0.15, 0.2) is 5.38 Å². The third-order valence-corrected chi connectivity index (χ3v) is 2.36. The van der Waals surface area contributed by atoms with Gasteiger partial charge in [0.2, 0.25) is 0 Å². The van der Waals surface area contributed by atoms with Crippen LogP contribution in [0.25, 0.3) is 0 Å². The minimum atomic E-state index is -1.11. The molecule has 1 unspecified atom stereocenters. The molecular weight excluding hydrogens is 239 g/mol. The van der Waals surface area contributed by atoms with E-state index in [1.54, 1.807) is 12.1 Å². The molecule has 1 rings (SSSR count). The zero-order valence-corrected chi connectivity index (χ0v) is 9.55. The van der Waals surface area contributed by atoms with Crippen molar-refractivity contribution in [1.82, 2.24) is 0 Å². The minimum absolute atomic E-state index is 0.111. The van der Waals surface area contributed by atoms with Gasteiger partial charge in [-0.05, 0) is 24.6 Å². The van der Waals surface area contributed by atoms with Gasteiger partial charge in [0.1, 0.15) is 12.4 Å². The Kier molecular flexibility index (Phi) is 4.24. The summed E-state index contributed by atoms with van der Waals surface area (Å²) in [5, 5.41) is 7.91. The summed E-state index contributed by atoms with van der Waals surface area (Å²) in [7, 11) is 0. The number of carboxylic acid groups (broad SMARTS) is 1. The van der Waals surface area contributed by atoms with Gasteiger partial charge in [-0.1, -0.05) is 17.7 Å². The van der Waals surface area contributed by atoms with Crippen LogP contribution < -0.4 is 4.74 Å². The quantitative estimate of drug-likeness (QED) is 0.834. The van der Waals surface area contributed by atoms with E-state index in [-0.39, 0.29) is 6.61 Å². The molecule has 0 fully saturated rings. The van der Waals surface area contributed by atoms with Crippen LogP contribution in [0.4, 0.5) is 0 Å². The summed E-state index contributed by atoms with van der Waals surface area (Å²) in [5.41, 5.74) is 0.982. The van der Waals surface area contributed by atoms with Gasteiger partial charge in [-0.15, -0.1) is 11.6 Å². The molecule has 0 heterocycles. The molecule has 0 aliphatic heterocycles. The Labute approximate surface area is 97.6 Å². The van der Waals surface area contributed by atoms with Crippen LogP contribution in [0.1, 0.15) is 5.56 Å². The second kappa shape index (κ2) is 5.24. The first kappa shape index (κ1) is 12.1. The second-order valence-electron chi connectivity index (χ2n) is 3.05. The number of halogens is 2. The molecule has 0 aliphatic carbocycles. The Bertz CT molecular complexity index is 366. The van der Waals surface area contributed by atoms with E-state index in [0.29, 0.717) is 10.8 Å². The van der Waals surface area contributed by atoms with Crippen molar-refractivity contribution in [3.63, 3.8) is 0 Å². The molecule has 0 aromatic heterocycles. The zero-order chi connectivity index (χ0) is 11.4. The smallest absolute Gasteiger partial charge is 0.325 e. The molecule has 1 aromatic carbocycles. The maximum atomic E-state index is 10.4. The van der Waals surface area contributed by atoms with Gasteiger partial charge in [0.05, 0.1) is 5.02 Å². The van der Waals surface area contributed by atoms with Crippen molar-refractivity contribution in [3.05, 3.63) is 28.8 Å². The third kappa shape index (κ3) is 3.61. The van der Waals surface area contributed by atoms with Gasteiger partial charge in [-0.2, -0.15) is 0 Å². The van der Waals surface area contributed by atoms with Gasteiger partial charge in [0.25, 0.3) is 0 Å². The van der Waals surface area contributed by atoms with Gasteiger partial charge >= 0.3 is 5.97 Å². The molecule has 3 nitrogen and oxygen atoms in total. The lowest BCUT2D eigenvalue weighted by Crippen LogP contribution is -2.21. The van der Waals surface area contributed by atoms with Crippen molar-refractivity contribution in [2.45, 2.75) is 12.3 Å². The van der Waals surface area contributed by atoms with Crippen LogP contribution in [-0.4, -0.2) is 23.1 Å². The lowest BCUT2D eigenvalue weighted by atomic mass is 10.2. The minimum Gasteiger partial charge on any atom is -0.490 e. The van der Waals surface area contributed by atoms with E-state index in [1.165, 1.54) is 0 Å². The van der Waals surface area contributed by atoms with Crippen LogP contribution in [0.3, 0.4) is 0 Å². The van der Waals surface area contributed by atoms with Crippen molar-refractivity contribution < 1.29 is 14.6 Å². The highest BCUT2D eigenvalue weighted by Crippen LogP contribution is 2.25. The number of ether oxygens (including phenoxy) is 1. The second-order valence-corrected chi connectivity index (χ2v) is 3.98. The number of aliphatic carboxylic acids is 1. The van der Waals surface area contributed by atoms with Crippen LogP contribution in [0.5, 0.6) is 5.75 Å². The summed E-state index contributed by atoms with van der Waals surface area (Å²) < 4.78 is 5.20. The SMILES string of the molecule is Cc1ccc(Cl)c(OCC(Cl)C(=O)O)c1. The molecule has 5 heteroatoms. The molecule has 1 atom stereocenters. The molecule has 0 saturated heterocycles. The number of carboxylic acids is 1. The lowest BCUT2D eigenvalue weighted by molar-refractivity contribution is -0.137. The van der Waals surface area contributed by atoms with Crippen molar-refractivity contribution in [3.8, 4) is 5.75 Å². The molecule has 0 saturated carbocycles.